The molecule has 0 N–H and O–H groups in total. The van der Waals surface area contributed by atoms with Gasteiger partial charge in [-0.05, 0) is 30.0 Å². The summed E-state index contributed by atoms with van der Waals surface area (Å²) in [4.78, 5) is 31.5. The quantitative estimate of drug-likeness (QED) is 0.326. The number of thioether (sulfide) groups is 1. The molecule has 3 aromatic rings. The van der Waals surface area contributed by atoms with Crippen LogP contribution in [0.5, 0.6) is 0 Å². The molecule has 0 unspecified atom stereocenters. The predicted octanol–water partition coefficient (Wildman–Crippen LogP) is 3.61. The molecule has 11 heteroatoms. The van der Waals surface area contributed by atoms with E-state index >= 15 is 0 Å². The molecule has 2 heterocycles. The first kappa shape index (κ1) is 21.0. The second-order valence-electron chi connectivity index (χ2n) is 6.96. The highest BCUT2D eigenvalue weighted by molar-refractivity contribution is 7.99. The van der Waals surface area contributed by atoms with Crippen molar-refractivity contribution in [2.45, 2.75) is 17.5 Å². The fourth-order valence-electron chi connectivity index (χ4n) is 3.69. The van der Waals surface area contributed by atoms with E-state index in [9.17, 15) is 23.7 Å². The molecule has 0 aliphatic carbocycles. The van der Waals surface area contributed by atoms with Crippen molar-refractivity contribution >= 4 is 40.1 Å². The molecule has 0 spiro atoms. The lowest BCUT2D eigenvalue weighted by atomic mass is 10.2. The molecule has 0 bridgehead atoms. The number of fused-ring (bicyclic) bond motifs is 1. The zero-order valence-electron chi connectivity index (χ0n) is 16.4. The van der Waals surface area contributed by atoms with Crippen LogP contribution in [0.4, 0.5) is 20.2 Å². The van der Waals surface area contributed by atoms with Crippen LogP contribution < -0.4 is 4.90 Å². The Morgan fingerprint density at radius 1 is 1.10 bits per heavy atom. The van der Waals surface area contributed by atoms with Crippen LogP contribution >= 0.6 is 11.8 Å². The lowest BCUT2D eigenvalue weighted by Gasteiger charge is -2.36. The number of rotatable bonds is 6. The number of piperazine rings is 1. The highest BCUT2D eigenvalue weighted by atomic mass is 32.2. The van der Waals surface area contributed by atoms with Gasteiger partial charge in [0.05, 0.1) is 16.0 Å². The van der Waals surface area contributed by atoms with Crippen LogP contribution in [-0.4, -0.2) is 57.2 Å². The van der Waals surface area contributed by atoms with E-state index in [2.05, 4.69) is 4.98 Å². The van der Waals surface area contributed by atoms with Gasteiger partial charge >= 0.3 is 0 Å². The standard InChI is InChI=1S/C20H19F2N5O3S/c21-19(22)31-20-23-14-5-1-2-6-15(14)26(20)13-18(28)25-11-9-24(10-12-25)16-7-3-4-8-17(16)27(29)30/h1-8,19H,9-13H2. The first-order valence-electron chi connectivity index (χ1n) is 9.60. The van der Waals surface area contributed by atoms with E-state index in [0.717, 1.165) is 0 Å². The highest BCUT2D eigenvalue weighted by Crippen LogP contribution is 2.30. The Morgan fingerprint density at radius 2 is 1.77 bits per heavy atom. The number of hydrogen-bond acceptors (Lipinski definition) is 6. The third kappa shape index (κ3) is 4.46. The normalized spacial score (nSPS) is 14.4. The Morgan fingerprint density at radius 3 is 2.48 bits per heavy atom. The molecule has 1 saturated heterocycles. The number of nitro benzene ring substituents is 1. The molecule has 0 atom stereocenters. The summed E-state index contributed by atoms with van der Waals surface area (Å²) in [6, 6.07) is 13.5. The predicted molar refractivity (Wildman–Crippen MR) is 113 cm³/mol. The minimum Gasteiger partial charge on any atom is -0.362 e. The maximum absolute atomic E-state index is 13.0. The number of aromatic nitrogens is 2. The number of halogens is 2. The van der Waals surface area contributed by atoms with Gasteiger partial charge in [0.25, 0.3) is 11.4 Å². The lowest BCUT2D eigenvalue weighted by molar-refractivity contribution is -0.384. The van der Waals surface area contributed by atoms with Crippen LogP contribution in [-0.2, 0) is 11.3 Å². The molecular formula is C20H19F2N5O3S. The van der Waals surface area contributed by atoms with E-state index in [1.165, 1.54) is 10.6 Å². The molecule has 162 valence electrons. The topological polar surface area (TPSA) is 84.5 Å². The zero-order valence-corrected chi connectivity index (χ0v) is 17.2. The summed E-state index contributed by atoms with van der Waals surface area (Å²) in [7, 11) is 0. The summed E-state index contributed by atoms with van der Waals surface area (Å²) in [6.45, 7) is 1.56. The Bertz CT molecular complexity index is 1120. The number of nitrogens with zero attached hydrogens (tertiary/aromatic N) is 5. The second-order valence-corrected chi connectivity index (χ2v) is 7.92. The summed E-state index contributed by atoms with van der Waals surface area (Å²) in [5.41, 5.74) is 1.73. The number of amides is 1. The Balaban J connectivity index is 1.47. The van der Waals surface area contributed by atoms with Gasteiger partial charge in [0, 0.05) is 32.2 Å². The second kappa shape index (κ2) is 8.88. The van der Waals surface area contributed by atoms with E-state index in [0.29, 0.717) is 54.7 Å². The fourth-order valence-corrected chi connectivity index (χ4v) is 4.29. The largest absolute Gasteiger partial charge is 0.362 e. The number of carbonyl (C=O) groups excluding carboxylic acids is 1. The van der Waals surface area contributed by atoms with Crippen molar-refractivity contribution in [1.82, 2.24) is 14.5 Å². The van der Waals surface area contributed by atoms with Crippen LogP contribution in [0.15, 0.2) is 53.7 Å². The van der Waals surface area contributed by atoms with Gasteiger partial charge in [-0.2, -0.15) is 8.78 Å². The van der Waals surface area contributed by atoms with Crippen molar-refractivity contribution in [1.29, 1.82) is 0 Å². The minimum atomic E-state index is -2.64. The number of anilines is 1. The van der Waals surface area contributed by atoms with Crippen molar-refractivity contribution in [3.8, 4) is 0 Å². The molecule has 2 aromatic carbocycles. The molecule has 31 heavy (non-hydrogen) atoms. The van der Waals surface area contributed by atoms with Crippen molar-refractivity contribution in [3.63, 3.8) is 0 Å². The van der Waals surface area contributed by atoms with Gasteiger partial charge in [-0.3, -0.25) is 14.9 Å². The molecule has 1 amide bonds. The smallest absolute Gasteiger partial charge is 0.292 e. The lowest BCUT2D eigenvalue weighted by Crippen LogP contribution is -2.49. The molecular weight excluding hydrogens is 428 g/mol. The number of benzene rings is 2. The summed E-state index contributed by atoms with van der Waals surface area (Å²) in [5, 5.41) is 11.4. The van der Waals surface area contributed by atoms with Crippen molar-refractivity contribution in [3.05, 3.63) is 58.6 Å². The van der Waals surface area contributed by atoms with Gasteiger partial charge in [-0.15, -0.1) is 0 Å². The molecule has 1 fully saturated rings. The molecule has 1 aliphatic rings. The van der Waals surface area contributed by atoms with Crippen molar-refractivity contribution in [2.75, 3.05) is 31.1 Å². The number of hydrogen-bond donors (Lipinski definition) is 0. The van der Waals surface area contributed by atoms with Crippen LogP contribution in [0.2, 0.25) is 0 Å². The molecule has 1 aromatic heterocycles. The van der Waals surface area contributed by atoms with Crippen LogP contribution in [0.3, 0.4) is 0 Å². The third-order valence-corrected chi connectivity index (χ3v) is 5.86. The van der Waals surface area contributed by atoms with Gasteiger partial charge in [0.2, 0.25) is 5.91 Å². The number of nitro groups is 1. The SMILES string of the molecule is O=C(Cn1c(SC(F)F)nc2ccccc21)N1CCN(c2ccccc2[N+](=O)[O-])CC1. The Kier molecular flexibility index (Phi) is 6.03. The summed E-state index contributed by atoms with van der Waals surface area (Å²) >= 11 is 0.317. The average molecular weight is 447 g/mol. The Labute approximate surface area is 180 Å². The molecule has 1 aliphatic heterocycles. The van der Waals surface area contributed by atoms with E-state index in [4.69, 9.17) is 0 Å². The summed E-state index contributed by atoms with van der Waals surface area (Å²) in [5.74, 6) is -2.85. The number of carbonyl (C=O) groups is 1. The van der Waals surface area contributed by atoms with Gasteiger partial charge in [0.1, 0.15) is 12.2 Å². The maximum atomic E-state index is 13.0. The van der Waals surface area contributed by atoms with Crippen molar-refractivity contribution < 1.29 is 18.5 Å². The zero-order chi connectivity index (χ0) is 22.0. The van der Waals surface area contributed by atoms with Gasteiger partial charge in [-0.25, -0.2) is 4.98 Å². The maximum Gasteiger partial charge on any atom is 0.292 e. The van der Waals surface area contributed by atoms with E-state index in [1.807, 2.05) is 4.90 Å². The van der Waals surface area contributed by atoms with E-state index in [-0.39, 0.29) is 23.3 Å². The first-order valence-corrected chi connectivity index (χ1v) is 10.5. The number of imidazole rings is 1. The fraction of sp³-hybridized carbons (Fsp3) is 0.300. The average Bonchev–Trinajstić information content (AvgIpc) is 3.10. The van der Waals surface area contributed by atoms with E-state index < -0.39 is 10.7 Å². The number of alkyl halides is 2. The monoisotopic (exact) mass is 447 g/mol. The third-order valence-electron chi connectivity index (χ3n) is 5.16. The Hall–Kier alpha value is -3.21. The molecule has 0 saturated carbocycles. The summed E-state index contributed by atoms with van der Waals surface area (Å²) in [6.07, 6.45) is 0. The van der Waals surface area contributed by atoms with Crippen LogP contribution in [0.25, 0.3) is 11.0 Å². The first-order chi connectivity index (χ1) is 14.9. The number of para-hydroxylation sites is 4. The van der Waals surface area contributed by atoms with Gasteiger partial charge < -0.3 is 14.4 Å². The molecule has 8 nitrogen and oxygen atoms in total. The van der Waals surface area contributed by atoms with Crippen molar-refractivity contribution in [2.24, 2.45) is 0 Å². The van der Waals surface area contributed by atoms with Gasteiger partial charge in [-0.1, -0.05) is 24.3 Å². The summed E-state index contributed by atoms with van der Waals surface area (Å²) < 4.78 is 27.5. The van der Waals surface area contributed by atoms with Crippen LogP contribution in [0.1, 0.15) is 0 Å². The highest BCUT2D eigenvalue weighted by Gasteiger charge is 2.26. The molecule has 0 radical (unpaired) electrons. The van der Waals surface area contributed by atoms with Gasteiger partial charge in [0.15, 0.2) is 5.16 Å². The van der Waals surface area contributed by atoms with Crippen LogP contribution in [0, 0.1) is 10.1 Å². The minimum absolute atomic E-state index is 0.0285. The molecule has 4 rings (SSSR count). The van der Waals surface area contributed by atoms with E-state index in [1.54, 1.807) is 47.4 Å².